The van der Waals surface area contributed by atoms with E-state index in [4.69, 9.17) is 10.5 Å². The summed E-state index contributed by atoms with van der Waals surface area (Å²) in [6.07, 6.45) is 3.11. The number of nitrogen functional groups attached to an aromatic ring is 1. The summed E-state index contributed by atoms with van der Waals surface area (Å²) in [4.78, 5) is 3.97. The van der Waals surface area contributed by atoms with Crippen LogP contribution in [0.15, 0.2) is 40.1 Å². The molecule has 0 unspecified atom stereocenters. The first kappa shape index (κ1) is 16.4. The van der Waals surface area contributed by atoms with Crippen molar-refractivity contribution in [3.05, 3.63) is 41.4 Å². The predicted octanol–water partition coefficient (Wildman–Crippen LogP) is 1.75. The third-order valence-electron chi connectivity index (χ3n) is 3.79. The molecule has 1 aliphatic heterocycles. The van der Waals surface area contributed by atoms with E-state index in [2.05, 4.69) is 4.98 Å². The molecule has 2 aromatic heterocycles. The van der Waals surface area contributed by atoms with Crippen molar-refractivity contribution in [1.29, 1.82) is 0 Å². The van der Waals surface area contributed by atoms with Gasteiger partial charge in [-0.3, -0.25) is 0 Å². The van der Waals surface area contributed by atoms with Crippen LogP contribution < -0.4 is 5.73 Å². The molecule has 1 atom stereocenters. The number of sulfonamides is 1. The Labute approximate surface area is 140 Å². The Kier molecular flexibility index (Phi) is 4.96. The standard InChI is InChI=1S/C15H19N3O3S2/c16-14-10-12(5-6-17-14)3-4-13-11-18(7-8-21-13)23(19,20)15-2-1-9-22-15/h1-2,5-6,9-10,13H,3-4,7-8,11H2,(H2,16,17)/t13-/m0/s1. The summed E-state index contributed by atoms with van der Waals surface area (Å²) in [5.41, 5.74) is 6.75. The summed E-state index contributed by atoms with van der Waals surface area (Å²) in [5.74, 6) is 0.494. The van der Waals surface area contributed by atoms with E-state index in [1.54, 1.807) is 23.7 Å². The Balaban J connectivity index is 1.62. The number of hydrogen-bond donors (Lipinski definition) is 1. The van der Waals surface area contributed by atoms with Gasteiger partial charge in [0.25, 0.3) is 10.0 Å². The lowest BCUT2D eigenvalue weighted by molar-refractivity contribution is -0.00521. The molecule has 1 aliphatic rings. The topological polar surface area (TPSA) is 85.5 Å². The molecule has 0 spiro atoms. The third kappa shape index (κ3) is 3.89. The molecule has 1 fully saturated rings. The average molecular weight is 353 g/mol. The molecule has 8 heteroatoms. The summed E-state index contributed by atoms with van der Waals surface area (Å²) in [5, 5.41) is 1.78. The lowest BCUT2D eigenvalue weighted by atomic mass is 10.1. The van der Waals surface area contributed by atoms with E-state index in [1.807, 2.05) is 12.1 Å². The largest absolute Gasteiger partial charge is 0.384 e. The second-order valence-corrected chi connectivity index (χ2v) is 8.53. The number of aromatic nitrogens is 1. The maximum absolute atomic E-state index is 12.6. The van der Waals surface area contributed by atoms with Crippen molar-refractivity contribution in [2.75, 3.05) is 25.4 Å². The zero-order valence-corrected chi connectivity index (χ0v) is 14.2. The van der Waals surface area contributed by atoms with Crippen LogP contribution in [-0.2, 0) is 21.2 Å². The molecule has 0 bridgehead atoms. The number of pyridine rings is 1. The number of thiophene rings is 1. The van der Waals surface area contributed by atoms with Crippen LogP contribution in [0, 0.1) is 0 Å². The van der Waals surface area contributed by atoms with Gasteiger partial charge in [0.05, 0.1) is 12.7 Å². The van der Waals surface area contributed by atoms with Crippen LogP contribution >= 0.6 is 11.3 Å². The molecule has 3 rings (SSSR count). The van der Waals surface area contributed by atoms with Crippen molar-refractivity contribution in [3.8, 4) is 0 Å². The number of rotatable bonds is 5. The molecular weight excluding hydrogens is 334 g/mol. The van der Waals surface area contributed by atoms with Crippen LogP contribution in [0.5, 0.6) is 0 Å². The average Bonchev–Trinajstić information content (AvgIpc) is 3.09. The van der Waals surface area contributed by atoms with Crippen LogP contribution in [0.1, 0.15) is 12.0 Å². The molecule has 3 heterocycles. The van der Waals surface area contributed by atoms with Gasteiger partial charge in [-0.05, 0) is 42.0 Å². The van der Waals surface area contributed by atoms with Crippen molar-refractivity contribution < 1.29 is 13.2 Å². The maximum atomic E-state index is 12.6. The molecule has 0 saturated carbocycles. The molecule has 6 nitrogen and oxygen atoms in total. The van der Waals surface area contributed by atoms with E-state index in [0.29, 0.717) is 29.7 Å². The van der Waals surface area contributed by atoms with Crippen LogP contribution in [0.2, 0.25) is 0 Å². The van der Waals surface area contributed by atoms with Gasteiger partial charge in [-0.1, -0.05) is 6.07 Å². The summed E-state index contributed by atoms with van der Waals surface area (Å²) >= 11 is 1.25. The lowest BCUT2D eigenvalue weighted by Crippen LogP contribution is -2.45. The second kappa shape index (κ2) is 6.96. The van der Waals surface area contributed by atoms with Crippen LogP contribution in [0.4, 0.5) is 5.82 Å². The van der Waals surface area contributed by atoms with Crippen molar-refractivity contribution in [3.63, 3.8) is 0 Å². The normalized spacial score (nSPS) is 19.7. The van der Waals surface area contributed by atoms with Gasteiger partial charge in [-0.25, -0.2) is 13.4 Å². The Morgan fingerprint density at radius 2 is 2.30 bits per heavy atom. The number of aryl methyl sites for hydroxylation is 1. The maximum Gasteiger partial charge on any atom is 0.252 e. The fourth-order valence-electron chi connectivity index (χ4n) is 2.60. The molecule has 0 aliphatic carbocycles. The van der Waals surface area contributed by atoms with Gasteiger partial charge in [-0.15, -0.1) is 11.3 Å². The fourth-order valence-corrected chi connectivity index (χ4v) is 5.20. The van der Waals surface area contributed by atoms with Crippen LogP contribution in [-0.4, -0.2) is 43.5 Å². The van der Waals surface area contributed by atoms with Gasteiger partial charge >= 0.3 is 0 Å². The summed E-state index contributed by atoms with van der Waals surface area (Å²) in [7, 11) is -3.40. The first-order valence-electron chi connectivity index (χ1n) is 7.41. The Bertz CT molecular complexity index is 747. The van der Waals surface area contributed by atoms with Gasteiger partial charge in [-0.2, -0.15) is 4.31 Å². The minimum absolute atomic E-state index is 0.104. The van der Waals surface area contributed by atoms with Crippen LogP contribution in [0.25, 0.3) is 0 Å². The summed E-state index contributed by atoms with van der Waals surface area (Å²) < 4.78 is 32.8. The number of morpholine rings is 1. The van der Waals surface area contributed by atoms with Gasteiger partial charge in [0, 0.05) is 19.3 Å². The molecule has 2 N–H and O–H groups in total. The monoisotopic (exact) mass is 353 g/mol. The van der Waals surface area contributed by atoms with Crippen molar-refractivity contribution in [1.82, 2.24) is 9.29 Å². The molecule has 1 saturated heterocycles. The number of anilines is 1. The Morgan fingerprint density at radius 1 is 1.43 bits per heavy atom. The first-order valence-corrected chi connectivity index (χ1v) is 9.73. The number of hydrogen-bond acceptors (Lipinski definition) is 6. The van der Waals surface area contributed by atoms with E-state index in [1.165, 1.54) is 15.6 Å². The molecule has 0 radical (unpaired) electrons. The van der Waals surface area contributed by atoms with E-state index in [0.717, 1.165) is 18.4 Å². The molecule has 2 aromatic rings. The van der Waals surface area contributed by atoms with Gasteiger partial charge in [0.15, 0.2) is 0 Å². The first-order chi connectivity index (χ1) is 11.1. The number of nitrogens with two attached hydrogens (primary N) is 1. The van der Waals surface area contributed by atoms with Gasteiger partial charge < -0.3 is 10.5 Å². The number of nitrogens with zero attached hydrogens (tertiary/aromatic N) is 2. The Morgan fingerprint density at radius 3 is 3.04 bits per heavy atom. The minimum Gasteiger partial charge on any atom is -0.384 e. The quantitative estimate of drug-likeness (QED) is 0.885. The van der Waals surface area contributed by atoms with E-state index in [-0.39, 0.29) is 6.10 Å². The molecule has 124 valence electrons. The fraction of sp³-hybridized carbons (Fsp3) is 0.400. The molecule has 0 aromatic carbocycles. The Hall–Kier alpha value is -1.48. The molecular formula is C15H19N3O3S2. The molecule has 0 amide bonds. The molecule has 23 heavy (non-hydrogen) atoms. The van der Waals surface area contributed by atoms with Crippen molar-refractivity contribution >= 4 is 27.2 Å². The summed E-state index contributed by atoms with van der Waals surface area (Å²) in [6, 6.07) is 7.15. The lowest BCUT2D eigenvalue weighted by Gasteiger charge is -2.31. The third-order valence-corrected chi connectivity index (χ3v) is 7.03. The SMILES string of the molecule is Nc1cc(CC[C@H]2CN(S(=O)(=O)c3cccs3)CCO2)ccn1. The van der Waals surface area contributed by atoms with Crippen molar-refractivity contribution in [2.24, 2.45) is 0 Å². The van der Waals surface area contributed by atoms with Crippen molar-refractivity contribution in [2.45, 2.75) is 23.2 Å². The van der Waals surface area contributed by atoms with Gasteiger partial charge in [0.2, 0.25) is 0 Å². The highest BCUT2D eigenvalue weighted by Gasteiger charge is 2.31. The highest BCUT2D eigenvalue weighted by Crippen LogP contribution is 2.24. The van der Waals surface area contributed by atoms with E-state index in [9.17, 15) is 8.42 Å². The zero-order chi connectivity index (χ0) is 16.3. The second-order valence-electron chi connectivity index (χ2n) is 5.42. The highest BCUT2D eigenvalue weighted by molar-refractivity contribution is 7.91. The highest BCUT2D eigenvalue weighted by atomic mass is 32.2. The smallest absolute Gasteiger partial charge is 0.252 e. The van der Waals surface area contributed by atoms with E-state index >= 15 is 0 Å². The number of ether oxygens (including phenoxy) is 1. The van der Waals surface area contributed by atoms with E-state index < -0.39 is 10.0 Å². The summed E-state index contributed by atoms with van der Waals surface area (Å²) in [6.45, 7) is 1.22. The minimum atomic E-state index is -3.40. The predicted molar refractivity (Wildman–Crippen MR) is 89.8 cm³/mol. The zero-order valence-electron chi connectivity index (χ0n) is 12.6. The van der Waals surface area contributed by atoms with Gasteiger partial charge in [0.1, 0.15) is 10.0 Å². The van der Waals surface area contributed by atoms with Crippen LogP contribution in [0.3, 0.4) is 0 Å².